The first-order valence-electron chi connectivity index (χ1n) is 6.02. The molecule has 0 saturated carbocycles. The van der Waals surface area contributed by atoms with Crippen LogP contribution in [-0.2, 0) is 16.6 Å². The molecule has 4 nitrogen and oxygen atoms in total. The van der Waals surface area contributed by atoms with Crippen molar-refractivity contribution in [2.45, 2.75) is 18.4 Å². The van der Waals surface area contributed by atoms with E-state index in [1.54, 1.807) is 37.3 Å². The van der Waals surface area contributed by atoms with Crippen LogP contribution in [0.25, 0.3) is 0 Å². The van der Waals surface area contributed by atoms with Gasteiger partial charge in [0.2, 0.25) is 0 Å². The van der Waals surface area contributed by atoms with Crippen molar-refractivity contribution < 1.29 is 13.5 Å². The Balaban J connectivity index is 2.41. The zero-order valence-electron chi connectivity index (χ0n) is 11.1. The van der Waals surface area contributed by atoms with E-state index in [0.29, 0.717) is 26.3 Å². The maximum atomic E-state index is 12.4. The van der Waals surface area contributed by atoms with Gasteiger partial charge in [0, 0.05) is 9.50 Å². The summed E-state index contributed by atoms with van der Waals surface area (Å²) < 4.78 is 27.8. The highest BCUT2D eigenvalue weighted by Gasteiger charge is 2.19. The van der Waals surface area contributed by atoms with Crippen molar-refractivity contribution >= 4 is 43.2 Å². The molecule has 21 heavy (non-hydrogen) atoms. The third kappa shape index (κ3) is 3.58. The van der Waals surface area contributed by atoms with Crippen LogP contribution in [0, 0.1) is 6.92 Å². The molecule has 2 aromatic carbocycles. The highest BCUT2D eigenvalue weighted by atomic mass is 79.9. The van der Waals surface area contributed by atoms with Crippen LogP contribution in [0.5, 0.6) is 0 Å². The zero-order valence-corrected chi connectivity index (χ0v) is 14.3. The summed E-state index contributed by atoms with van der Waals surface area (Å²) in [5.74, 6) is 0. The number of rotatable bonds is 4. The number of anilines is 1. The largest absolute Gasteiger partial charge is 0.392 e. The van der Waals surface area contributed by atoms with Gasteiger partial charge in [0.25, 0.3) is 10.0 Å². The standard InChI is InChI=1S/C14H13BrClNO3S/c1-9-12(16)3-2-4-13(9)17-21(19,20)14-6-5-10(8-18)7-11(14)15/h2-7,17-18H,8H2,1H3. The number of nitrogens with one attached hydrogen (secondary N) is 1. The van der Waals surface area contributed by atoms with Gasteiger partial charge in [-0.15, -0.1) is 0 Å². The van der Waals surface area contributed by atoms with Gasteiger partial charge in [0.1, 0.15) is 4.90 Å². The molecule has 0 heterocycles. The van der Waals surface area contributed by atoms with Crippen molar-refractivity contribution in [2.75, 3.05) is 4.72 Å². The van der Waals surface area contributed by atoms with Gasteiger partial charge in [-0.25, -0.2) is 8.42 Å². The first-order valence-corrected chi connectivity index (χ1v) is 8.68. The third-order valence-electron chi connectivity index (χ3n) is 2.98. The average Bonchev–Trinajstić information content (AvgIpc) is 2.43. The molecule has 2 rings (SSSR count). The van der Waals surface area contributed by atoms with E-state index in [0.717, 1.165) is 0 Å². The van der Waals surface area contributed by atoms with E-state index < -0.39 is 10.0 Å². The second-order valence-electron chi connectivity index (χ2n) is 4.44. The number of hydrogen-bond donors (Lipinski definition) is 2. The number of hydrogen-bond acceptors (Lipinski definition) is 3. The highest BCUT2D eigenvalue weighted by Crippen LogP contribution is 2.28. The Kier molecular flexibility index (Phi) is 4.93. The molecule has 0 unspecified atom stereocenters. The molecular formula is C14H13BrClNO3S. The minimum absolute atomic E-state index is 0.0964. The Bertz CT molecular complexity index is 778. The number of halogens is 2. The minimum atomic E-state index is -3.75. The van der Waals surface area contributed by atoms with Crippen LogP contribution in [-0.4, -0.2) is 13.5 Å². The molecule has 0 atom stereocenters. The van der Waals surface area contributed by atoms with Gasteiger partial charge in [0.05, 0.1) is 12.3 Å². The summed E-state index contributed by atoms with van der Waals surface area (Å²) in [5, 5.41) is 9.55. The first kappa shape index (κ1) is 16.3. The molecule has 0 saturated heterocycles. The lowest BCUT2D eigenvalue weighted by Gasteiger charge is -2.13. The van der Waals surface area contributed by atoms with Crippen LogP contribution < -0.4 is 4.72 Å². The number of aliphatic hydroxyl groups is 1. The lowest BCUT2D eigenvalue weighted by Crippen LogP contribution is -2.14. The molecule has 0 aliphatic rings. The fraction of sp³-hybridized carbons (Fsp3) is 0.143. The van der Waals surface area contributed by atoms with E-state index >= 15 is 0 Å². The molecular weight excluding hydrogens is 378 g/mol. The van der Waals surface area contributed by atoms with E-state index in [4.69, 9.17) is 16.7 Å². The molecule has 2 N–H and O–H groups in total. The zero-order chi connectivity index (χ0) is 15.6. The molecule has 0 fully saturated rings. The molecule has 0 aromatic heterocycles. The first-order chi connectivity index (χ1) is 9.85. The normalized spacial score (nSPS) is 11.4. The second kappa shape index (κ2) is 6.36. The van der Waals surface area contributed by atoms with Crippen LogP contribution >= 0.6 is 27.5 Å². The van der Waals surface area contributed by atoms with Gasteiger partial charge in [-0.3, -0.25) is 4.72 Å². The van der Waals surface area contributed by atoms with Crippen molar-refractivity contribution in [1.29, 1.82) is 0 Å². The van der Waals surface area contributed by atoms with E-state index in [-0.39, 0.29) is 11.5 Å². The summed E-state index contributed by atoms with van der Waals surface area (Å²) in [5.41, 5.74) is 1.71. The fourth-order valence-corrected chi connectivity index (χ4v) is 4.20. The molecule has 0 radical (unpaired) electrons. The summed E-state index contributed by atoms with van der Waals surface area (Å²) in [7, 11) is -3.75. The lowest BCUT2D eigenvalue weighted by atomic mass is 10.2. The van der Waals surface area contributed by atoms with Gasteiger partial charge < -0.3 is 5.11 Å². The summed E-state index contributed by atoms with van der Waals surface area (Å²) in [6.07, 6.45) is 0. The van der Waals surface area contributed by atoms with Gasteiger partial charge >= 0.3 is 0 Å². The van der Waals surface area contributed by atoms with E-state index in [1.807, 2.05) is 0 Å². The topological polar surface area (TPSA) is 66.4 Å². The Hall–Kier alpha value is -1.08. The SMILES string of the molecule is Cc1c(Cl)cccc1NS(=O)(=O)c1ccc(CO)cc1Br. The fourth-order valence-electron chi connectivity index (χ4n) is 1.78. The second-order valence-corrected chi connectivity index (χ2v) is 7.35. The van der Waals surface area contributed by atoms with Crippen LogP contribution in [0.2, 0.25) is 5.02 Å². The number of aliphatic hydroxyl groups excluding tert-OH is 1. The minimum Gasteiger partial charge on any atom is -0.392 e. The van der Waals surface area contributed by atoms with Crippen LogP contribution in [0.15, 0.2) is 45.8 Å². The molecule has 112 valence electrons. The highest BCUT2D eigenvalue weighted by molar-refractivity contribution is 9.10. The summed E-state index contributed by atoms with van der Waals surface area (Å²) in [6, 6.07) is 9.59. The number of benzene rings is 2. The van der Waals surface area contributed by atoms with Crippen molar-refractivity contribution in [2.24, 2.45) is 0 Å². The molecule has 0 amide bonds. The van der Waals surface area contributed by atoms with Crippen LogP contribution in [0.3, 0.4) is 0 Å². The van der Waals surface area contributed by atoms with Crippen LogP contribution in [0.1, 0.15) is 11.1 Å². The summed E-state index contributed by atoms with van der Waals surface area (Å²) in [4.78, 5) is 0.0964. The van der Waals surface area contributed by atoms with E-state index in [1.165, 1.54) is 6.07 Å². The van der Waals surface area contributed by atoms with Crippen LogP contribution in [0.4, 0.5) is 5.69 Å². The third-order valence-corrected chi connectivity index (χ3v) is 5.73. The van der Waals surface area contributed by atoms with Gasteiger partial charge in [-0.2, -0.15) is 0 Å². The van der Waals surface area contributed by atoms with Crippen molar-refractivity contribution in [3.63, 3.8) is 0 Å². The predicted octanol–water partition coefficient (Wildman–Crippen LogP) is 3.70. The van der Waals surface area contributed by atoms with Gasteiger partial charge in [-0.05, 0) is 58.2 Å². The Morgan fingerprint density at radius 2 is 2.00 bits per heavy atom. The molecule has 2 aromatic rings. The lowest BCUT2D eigenvalue weighted by molar-refractivity contribution is 0.281. The molecule has 0 aliphatic heterocycles. The maximum absolute atomic E-state index is 12.4. The molecule has 0 spiro atoms. The summed E-state index contributed by atoms with van der Waals surface area (Å²) in [6.45, 7) is 1.59. The predicted molar refractivity (Wildman–Crippen MR) is 87.1 cm³/mol. The quantitative estimate of drug-likeness (QED) is 0.836. The van der Waals surface area contributed by atoms with Crippen molar-refractivity contribution in [1.82, 2.24) is 0 Å². The Morgan fingerprint density at radius 3 is 2.62 bits per heavy atom. The average molecular weight is 391 g/mol. The molecule has 7 heteroatoms. The van der Waals surface area contributed by atoms with E-state index in [9.17, 15) is 8.42 Å². The van der Waals surface area contributed by atoms with Crippen molar-refractivity contribution in [3.05, 3.63) is 57.0 Å². The smallest absolute Gasteiger partial charge is 0.263 e. The Labute approximate surface area is 136 Å². The number of sulfonamides is 1. The maximum Gasteiger partial charge on any atom is 0.263 e. The Morgan fingerprint density at radius 1 is 1.29 bits per heavy atom. The molecule has 0 bridgehead atoms. The summed E-state index contributed by atoms with van der Waals surface area (Å²) >= 11 is 9.20. The van der Waals surface area contributed by atoms with Crippen molar-refractivity contribution in [3.8, 4) is 0 Å². The van der Waals surface area contributed by atoms with Gasteiger partial charge in [0.15, 0.2) is 0 Å². The molecule has 0 aliphatic carbocycles. The van der Waals surface area contributed by atoms with Gasteiger partial charge in [-0.1, -0.05) is 23.7 Å². The van der Waals surface area contributed by atoms with E-state index in [2.05, 4.69) is 20.7 Å². The monoisotopic (exact) mass is 389 g/mol.